The standard InChI is InChI=1S/C27H30N2O2/c30-27-13-11-20-10-12-22(17-26(20)29-27)31-15-4-3-14-28-18-21-16-25(21)24-9-5-7-19-6-1-2-8-23(19)24/h1-2,5-10,12,17,21,25,28H,3-4,11,13-16,18H2,(H,29,30)/t21-,25+/m0/s1. The second-order valence-corrected chi connectivity index (χ2v) is 8.80. The molecule has 4 heteroatoms. The summed E-state index contributed by atoms with van der Waals surface area (Å²) in [5.74, 6) is 2.39. The van der Waals surface area contributed by atoms with Crippen LogP contribution in [0.3, 0.4) is 0 Å². The molecule has 4 nitrogen and oxygen atoms in total. The molecule has 0 spiro atoms. The molecule has 1 heterocycles. The number of aryl methyl sites for hydroxylation is 1. The molecule has 2 aliphatic rings. The number of nitrogens with one attached hydrogen (secondary N) is 2. The van der Waals surface area contributed by atoms with Gasteiger partial charge in [-0.05, 0) is 78.6 Å². The van der Waals surface area contributed by atoms with Crippen LogP contribution in [-0.2, 0) is 11.2 Å². The van der Waals surface area contributed by atoms with E-state index in [1.54, 1.807) is 0 Å². The molecule has 0 unspecified atom stereocenters. The molecule has 0 radical (unpaired) electrons. The normalized spacial score (nSPS) is 19.7. The summed E-state index contributed by atoms with van der Waals surface area (Å²) in [6.07, 6.45) is 4.80. The largest absolute Gasteiger partial charge is 0.494 e. The van der Waals surface area contributed by atoms with Gasteiger partial charge in [0.25, 0.3) is 0 Å². The van der Waals surface area contributed by atoms with E-state index in [1.807, 2.05) is 12.1 Å². The van der Waals surface area contributed by atoms with Gasteiger partial charge in [-0.1, -0.05) is 48.5 Å². The molecule has 1 aliphatic carbocycles. The van der Waals surface area contributed by atoms with Crippen molar-refractivity contribution in [3.63, 3.8) is 0 Å². The van der Waals surface area contributed by atoms with Gasteiger partial charge in [0.15, 0.2) is 0 Å². The van der Waals surface area contributed by atoms with Crippen LogP contribution < -0.4 is 15.4 Å². The summed E-state index contributed by atoms with van der Waals surface area (Å²) in [5.41, 5.74) is 3.61. The van der Waals surface area contributed by atoms with Crippen LogP contribution in [0.15, 0.2) is 60.7 Å². The van der Waals surface area contributed by atoms with Crippen molar-refractivity contribution in [2.45, 2.75) is 38.0 Å². The third-order valence-electron chi connectivity index (χ3n) is 6.55. The number of carbonyl (C=O) groups excluding carboxylic acids is 1. The van der Waals surface area contributed by atoms with E-state index in [0.717, 1.165) is 49.7 Å². The van der Waals surface area contributed by atoms with Crippen molar-refractivity contribution in [1.82, 2.24) is 5.32 Å². The quantitative estimate of drug-likeness (QED) is 0.469. The minimum absolute atomic E-state index is 0.0917. The van der Waals surface area contributed by atoms with Crippen molar-refractivity contribution in [2.24, 2.45) is 5.92 Å². The molecule has 2 N–H and O–H groups in total. The molecule has 1 saturated carbocycles. The number of ether oxygens (including phenoxy) is 1. The van der Waals surface area contributed by atoms with Crippen LogP contribution in [0.1, 0.15) is 42.7 Å². The van der Waals surface area contributed by atoms with Crippen molar-refractivity contribution in [1.29, 1.82) is 0 Å². The van der Waals surface area contributed by atoms with E-state index in [-0.39, 0.29) is 5.91 Å². The highest BCUT2D eigenvalue weighted by Crippen LogP contribution is 2.48. The zero-order valence-corrected chi connectivity index (χ0v) is 17.9. The van der Waals surface area contributed by atoms with Crippen LogP contribution in [0.2, 0.25) is 0 Å². The topological polar surface area (TPSA) is 50.4 Å². The number of hydrogen-bond donors (Lipinski definition) is 2. The highest BCUT2D eigenvalue weighted by molar-refractivity contribution is 5.94. The molecule has 0 bridgehead atoms. The first-order valence-electron chi connectivity index (χ1n) is 11.5. The number of amides is 1. The highest BCUT2D eigenvalue weighted by Gasteiger charge is 2.38. The summed E-state index contributed by atoms with van der Waals surface area (Å²) in [4.78, 5) is 11.5. The van der Waals surface area contributed by atoms with Gasteiger partial charge in [-0.15, -0.1) is 0 Å². The van der Waals surface area contributed by atoms with Crippen LogP contribution >= 0.6 is 0 Å². The average molecular weight is 415 g/mol. The van der Waals surface area contributed by atoms with Gasteiger partial charge in [-0.25, -0.2) is 0 Å². The van der Waals surface area contributed by atoms with Crippen LogP contribution in [0.4, 0.5) is 5.69 Å². The summed E-state index contributed by atoms with van der Waals surface area (Å²) in [6, 6.07) is 21.4. The lowest BCUT2D eigenvalue weighted by atomic mass is 10.0. The van der Waals surface area contributed by atoms with E-state index >= 15 is 0 Å². The van der Waals surface area contributed by atoms with E-state index in [0.29, 0.717) is 18.9 Å². The fourth-order valence-electron chi connectivity index (χ4n) is 4.70. The maximum absolute atomic E-state index is 11.5. The van der Waals surface area contributed by atoms with Crippen LogP contribution in [0.5, 0.6) is 5.75 Å². The van der Waals surface area contributed by atoms with Gasteiger partial charge in [-0.2, -0.15) is 0 Å². The van der Waals surface area contributed by atoms with Gasteiger partial charge in [0.05, 0.1) is 6.61 Å². The van der Waals surface area contributed by atoms with Crippen molar-refractivity contribution < 1.29 is 9.53 Å². The van der Waals surface area contributed by atoms with Crippen LogP contribution in [0, 0.1) is 5.92 Å². The summed E-state index contributed by atoms with van der Waals surface area (Å²) in [7, 11) is 0. The second-order valence-electron chi connectivity index (χ2n) is 8.80. The van der Waals surface area contributed by atoms with Crippen LogP contribution in [-0.4, -0.2) is 25.6 Å². The first-order chi connectivity index (χ1) is 15.3. The van der Waals surface area contributed by atoms with E-state index in [1.165, 1.54) is 28.3 Å². The number of fused-ring (bicyclic) bond motifs is 2. The minimum atomic E-state index is 0.0917. The fraction of sp³-hybridized carbons (Fsp3) is 0.370. The molecule has 3 aromatic carbocycles. The molecule has 5 rings (SSSR count). The van der Waals surface area contributed by atoms with Crippen LogP contribution in [0.25, 0.3) is 10.8 Å². The number of unbranched alkanes of at least 4 members (excludes halogenated alkanes) is 1. The summed E-state index contributed by atoms with van der Waals surface area (Å²) in [5, 5.41) is 9.33. The van der Waals surface area contributed by atoms with E-state index in [9.17, 15) is 4.79 Å². The lowest BCUT2D eigenvalue weighted by Crippen LogP contribution is -2.19. The molecule has 31 heavy (non-hydrogen) atoms. The highest BCUT2D eigenvalue weighted by atomic mass is 16.5. The molecule has 160 valence electrons. The molecule has 0 aromatic heterocycles. The first kappa shape index (κ1) is 20.1. The fourth-order valence-corrected chi connectivity index (χ4v) is 4.70. The minimum Gasteiger partial charge on any atom is -0.494 e. The predicted octanol–water partition coefficient (Wildman–Crippen LogP) is 5.28. The summed E-state index contributed by atoms with van der Waals surface area (Å²) < 4.78 is 5.88. The molecule has 2 atom stereocenters. The number of anilines is 1. The first-order valence-corrected chi connectivity index (χ1v) is 11.5. The zero-order valence-electron chi connectivity index (χ0n) is 17.9. The molecule has 0 saturated heterocycles. The molecular weight excluding hydrogens is 384 g/mol. The molecular formula is C27H30N2O2. The zero-order chi connectivity index (χ0) is 21.0. The van der Waals surface area contributed by atoms with Gasteiger partial charge < -0.3 is 15.4 Å². The number of carbonyl (C=O) groups is 1. The van der Waals surface area contributed by atoms with E-state index < -0.39 is 0 Å². The Balaban J connectivity index is 0.999. The lowest BCUT2D eigenvalue weighted by molar-refractivity contribution is -0.116. The number of benzene rings is 3. The Hall–Kier alpha value is -2.85. The lowest BCUT2D eigenvalue weighted by Gasteiger charge is -2.17. The van der Waals surface area contributed by atoms with Gasteiger partial charge >= 0.3 is 0 Å². The van der Waals surface area contributed by atoms with Gasteiger partial charge in [0, 0.05) is 18.2 Å². The molecule has 1 amide bonds. The van der Waals surface area contributed by atoms with Gasteiger partial charge in [0.2, 0.25) is 5.91 Å². The number of rotatable bonds is 9. The monoisotopic (exact) mass is 414 g/mol. The van der Waals surface area contributed by atoms with Crippen molar-refractivity contribution in [2.75, 3.05) is 25.0 Å². The Labute approximate surface area is 184 Å². The van der Waals surface area contributed by atoms with Crippen molar-refractivity contribution in [3.05, 3.63) is 71.8 Å². The van der Waals surface area contributed by atoms with E-state index in [2.05, 4.69) is 59.2 Å². The van der Waals surface area contributed by atoms with E-state index in [4.69, 9.17) is 4.74 Å². The van der Waals surface area contributed by atoms with Crippen molar-refractivity contribution in [3.8, 4) is 5.75 Å². The van der Waals surface area contributed by atoms with Gasteiger partial charge in [0.1, 0.15) is 5.75 Å². The maximum Gasteiger partial charge on any atom is 0.224 e. The molecule has 3 aromatic rings. The Morgan fingerprint density at radius 3 is 2.87 bits per heavy atom. The van der Waals surface area contributed by atoms with Gasteiger partial charge in [-0.3, -0.25) is 4.79 Å². The second kappa shape index (κ2) is 9.11. The predicted molar refractivity (Wildman–Crippen MR) is 126 cm³/mol. The smallest absolute Gasteiger partial charge is 0.224 e. The maximum atomic E-state index is 11.5. The Bertz CT molecular complexity index is 1070. The molecule has 1 aliphatic heterocycles. The molecule has 1 fully saturated rings. The summed E-state index contributed by atoms with van der Waals surface area (Å²) >= 11 is 0. The Morgan fingerprint density at radius 2 is 1.90 bits per heavy atom. The Kier molecular flexibility index (Phi) is 5.90. The average Bonchev–Trinajstić information content (AvgIpc) is 3.57. The number of hydrogen-bond acceptors (Lipinski definition) is 3. The SMILES string of the molecule is O=C1CCc2ccc(OCCCCNC[C@@H]3C[C@H]3c3cccc4ccccc34)cc2N1. The third kappa shape index (κ3) is 4.75. The Morgan fingerprint density at radius 1 is 1.00 bits per heavy atom. The summed E-state index contributed by atoms with van der Waals surface area (Å²) in [6.45, 7) is 2.83. The van der Waals surface area contributed by atoms with Crippen molar-refractivity contribution >= 4 is 22.4 Å². The third-order valence-corrected chi connectivity index (χ3v) is 6.55.